The molecule has 0 fully saturated rings. The van der Waals surface area contributed by atoms with Gasteiger partial charge in [-0.2, -0.15) is 5.10 Å². The minimum Gasteiger partial charge on any atom is -0.375 e. The van der Waals surface area contributed by atoms with Gasteiger partial charge in [-0.15, -0.1) is 10.2 Å². The van der Waals surface area contributed by atoms with Crippen molar-refractivity contribution in [2.75, 3.05) is 11.1 Å². The van der Waals surface area contributed by atoms with Crippen molar-refractivity contribution in [2.45, 2.75) is 37.9 Å². The van der Waals surface area contributed by atoms with Gasteiger partial charge < -0.3 is 9.88 Å². The fraction of sp³-hybridized carbons (Fsp3) is 0.304. The number of halogens is 1. The van der Waals surface area contributed by atoms with Gasteiger partial charge in [0.2, 0.25) is 0 Å². The van der Waals surface area contributed by atoms with Crippen LogP contribution in [0, 0.1) is 0 Å². The van der Waals surface area contributed by atoms with E-state index in [0.717, 1.165) is 17.1 Å². The van der Waals surface area contributed by atoms with E-state index in [2.05, 4.69) is 52.0 Å². The lowest BCUT2D eigenvalue weighted by Crippen LogP contribution is -2.20. The third-order valence-electron chi connectivity index (χ3n) is 4.80. The Morgan fingerprint density at radius 1 is 1.19 bits per heavy atom. The molecule has 2 aromatic carbocycles. The van der Waals surface area contributed by atoms with E-state index in [1.54, 1.807) is 6.21 Å². The standard InChI is InChI=1S/C23H27ClN6OS/c1-15(2)18-10-8-17(9-11-18)13-25-27-21(31)14-32-23-29-28-22(30(23)4)16(3)26-20-7-5-6-19(24)12-20/h5-13,15-16,26H,14H2,1-4H3,(H,27,31)/b25-13+/t16-/m1/s1. The van der Waals surface area contributed by atoms with Crippen LogP contribution in [0.4, 0.5) is 5.69 Å². The van der Waals surface area contributed by atoms with Crippen LogP contribution in [0.3, 0.4) is 0 Å². The van der Waals surface area contributed by atoms with Crippen LogP contribution >= 0.6 is 23.4 Å². The number of hydrazone groups is 1. The number of amides is 1. The molecule has 168 valence electrons. The van der Waals surface area contributed by atoms with E-state index in [4.69, 9.17) is 11.6 Å². The highest BCUT2D eigenvalue weighted by Crippen LogP contribution is 2.23. The Hall–Kier alpha value is -2.84. The van der Waals surface area contributed by atoms with Crippen molar-refractivity contribution < 1.29 is 4.79 Å². The first-order valence-electron chi connectivity index (χ1n) is 10.3. The number of anilines is 1. The number of hydrogen-bond acceptors (Lipinski definition) is 6. The third kappa shape index (κ3) is 6.58. The zero-order valence-electron chi connectivity index (χ0n) is 18.5. The first-order chi connectivity index (χ1) is 15.3. The van der Waals surface area contributed by atoms with Crippen molar-refractivity contribution in [3.63, 3.8) is 0 Å². The number of nitrogens with one attached hydrogen (secondary N) is 2. The normalized spacial score (nSPS) is 12.3. The van der Waals surface area contributed by atoms with E-state index in [1.807, 2.05) is 54.9 Å². The van der Waals surface area contributed by atoms with E-state index < -0.39 is 0 Å². The number of carbonyl (C=O) groups is 1. The van der Waals surface area contributed by atoms with Crippen molar-refractivity contribution >= 4 is 41.2 Å². The maximum atomic E-state index is 12.1. The molecule has 3 rings (SSSR count). The molecule has 1 aromatic heterocycles. The predicted octanol–water partition coefficient (Wildman–Crippen LogP) is 5.01. The number of nitrogens with zero attached hydrogens (tertiary/aromatic N) is 4. The van der Waals surface area contributed by atoms with Gasteiger partial charge >= 0.3 is 0 Å². The quantitative estimate of drug-likeness (QED) is 0.261. The van der Waals surface area contributed by atoms with Crippen LogP contribution < -0.4 is 10.7 Å². The van der Waals surface area contributed by atoms with Crippen molar-refractivity contribution in [1.82, 2.24) is 20.2 Å². The molecule has 0 aliphatic heterocycles. The molecule has 1 amide bonds. The van der Waals surface area contributed by atoms with Crippen LogP contribution in [0.1, 0.15) is 49.7 Å². The molecular formula is C23H27ClN6OS. The third-order valence-corrected chi connectivity index (χ3v) is 6.06. The molecule has 32 heavy (non-hydrogen) atoms. The molecule has 0 aliphatic rings. The SMILES string of the molecule is CC(C)c1ccc(/C=N/NC(=O)CSc2nnc([C@@H](C)Nc3cccc(Cl)c3)n2C)cc1. The summed E-state index contributed by atoms with van der Waals surface area (Å²) in [6, 6.07) is 15.5. The van der Waals surface area contributed by atoms with E-state index in [1.165, 1.54) is 17.3 Å². The molecule has 0 unspecified atom stereocenters. The van der Waals surface area contributed by atoms with Gasteiger partial charge in [-0.1, -0.05) is 67.5 Å². The van der Waals surface area contributed by atoms with Crippen LogP contribution in [0.5, 0.6) is 0 Å². The highest BCUT2D eigenvalue weighted by atomic mass is 35.5. The molecule has 1 heterocycles. The molecule has 0 bridgehead atoms. The van der Waals surface area contributed by atoms with Crippen LogP contribution in [0.25, 0.3) is 0 Å². The predicted molar refractivity (Wildman–Crippen MR) is 131 cm³/mol. The number of thioether (sulfide) groups is 1. The van der Waals surface area contributed by atoms with Gasteiger partial charge in [-0.25, -0.2) is 5.43 Å². The highest BCUT2D eigenvalue weighted by molar-refractivity contribution is 7.99. The average Bonchev–Trinajstić information content (AvgIpc) is 3.13. The van der Waals surface area contributed by atoms with E-state index in [-0.39, 0.29) is 17.7 Å². The summed E-state index contributed by atoms with van der Waals surface area (Å²) in [7, 11) is 1.88. The van der Waals surface area contributed by atoms with Crippen molar-refractivity contribution in [3.05, 3.63) is 70.5 Å². The van der Waals surface area contributed by atoms with Gasteiger partial charge in [0.15, 0.2) is 11.0 Å². The fourth-order valence-electron chi connectivity index (χ4n) is 3.03. The fourth-order valence-corrected chi connectivity index (χ4v) is 3.93. The Morgan fingerprint density at radius 3 is 2.62 bits per heavy atom. The lowest BCUT2D eigenvalue weighted by Gasteiger charge is -2.15. The summed E-state index contributed by atoms with van der Waals surface area (Å²) in [5.41, 5.74) is 5.65. The van der Waals surface area contributed by atoms with Gasteiger partial charge in [0, 0.05) is 17.8 Å². The molecule has 0 saturated heterocycles. The van der Waals surface area contributed by atoms with Gasteiger partial charge in [0.1, 0.15) is 0 Å². The van der Waals surface area contributed by atoms with Gasteiger partial charge in [-0.05, 0) is 42.2 Å². The van der Waals surface area contributed by atoms with E-state index in [0.29, 0.717) is 16.1 Å². The Labute approximate surface area is 197 Å². The molecule has 0 saturated carbocycles. The van der Waals surface area contributed by atoms with E-state index >= 15 is 0 Å². The Bertz CT molecular complexity index is 1080. The first kappa shape index (κ1) is 23.8. The maximum Gasteiger partial charge on any atom is 0.250 e. The van der Waals surface area contributed by atoms with E-state index in [9.17, 15) is 4.79 Å². The summed E-state index contributed by atoms with van der Waals surface area (Å²) in [5.74, 6) is 1.22. The smallest absolute Gasteiger partial charge is 0.250 e. The number of carbonyl (C=O) groups excluding carboxylic acids is 1. The van der Waals surface area contributed by atoms with Crippen molar-refractivity contribution in [2.24, 2.45) is 12.1 Å². The van der Waals surface area contributed by atoms with Gasteiger partial charge in [-0.3, -0.25) is 4.79 Å². The summed E-state index contributed by atoms with van der Waals surface area (Å²) in [4.78, 5) is 12.1. The summed E-state index contributed by atoms with van der Waals surface area (Å²) in [6.45, 7) is 6.30. The average molecular weight is 471 g/mol. The molecule has 2 N–H and O–H groups in total. The van der Waals surface area contributed by atoms with Gasteiger partial charge in [0.05, 0.1) is 18.0 Å². The molecule has 0 radical (unpaired) electrons. The first-order valence-corrected chi connectivity index (χ1v) is 11.7. The second-order valence-corrected chi connectivity index (χ2v) is 9.06. The maximum absolute atomic E-state index is 12.1. The Kier molecular flexibility index (Phi) is 8.30. The van der Waals surface area contributed by atoms with Crippen LogP contribution in [-0.2, 0) is 11.8 Å². The topological polar surface area (TPSA) is 84.2 Å². The second kappa shape index (κ2) is 11.2. The number of aromatic nitrogens is 3. The Morgan fingerprint density at radius 2 is 1.94 bits per heavy atom. The summed E-state index contributed by atoms with van der Waals surface area (Å²) < 4.78 is 1.87. The number of benzene rings is 2. The minimum absolute atomic E-state index is 0.0826. The molecule has 0 spiro atoms. The number of rotatable bonds is 9. The van der Waals surface area contributed by atoms with Crippen molar-refractivity contribution in [3.8, 4) is 0 Å². The summed E-state index contributed by atoms with van der Waals surface area (Å²) in [6.07, 6.45) is 1.64. The monoisotopic (exact) mass is 470 g/mol. The zero-order valence-corrected chi connectivity index (χ0v) is 20.1. The number of hydrogen-bond donors (Lipinski definition) is 2. The zero-order chi connectivity index (χ0) is 23.1. The molecule has 0 aliphatic carbocycles. The minimum atomic E-state index is -0.209. The van der Waals surface area contributed by atoms with Crippen molar-refractivity contribution in [1.29, 1.82) is 0 Å². The largest absolute Gasteiger partial charge is 0.375 e. The van der Waals surface area contributed by atoms with Gasteiger partial charge in [0.25, 0.3) is 5.91 Å². The lowest BCUT2D eigenvalue weighted by atomic mass is 10.0. The lowest BCUT2D eigenvalue weighted by molar-refractivity contribution is -0.118. The second-order valence-electron chi connectivity index (χ2n) is 7.68. The molecule has 3 aromatic rings. The summed E-state index contributed by atoms with van der Waals surface area (Å²) in [5, 5.41) is 17.2. The van der Waals surface area contributed by atoms with Crippen LogP contribution in [-0.4, -0.2) is 32.6 Å². The van der Waals surface area contributed by atoms with Crippen LogP contribution in [0.15, 0.2) is 58.8 Å². The Balaban J connectivity index is 1.50. The molecule has 7 nitrogen and oxygen atoms in total. The molecule has 1 atom stereocenters. The highest BCUT2D eigenvalue weighted by Gasteiger charge is 2.16. The summed E-state index contributed by atoms with van der Waals surface area (Å²) >= 11 is 7.35. The molecule has 9 heteroatoms. The van der Waals surface area contributed by atoms with Crippen LogP contribution in [0.2, 0.25) is 5.02 Å². The molecular weight excluding hydrogens is 444 g/mol.